The molecule has 1 heteroatoms. The summed E-state index contributed by atoms with van der Waals surface area (Å²) in [7, 11) is 0. The molecule has 0 fully saturated rings. The van der Waals surface area contributed by atoms with Gasteiger partial charge in [-0.3, -0.25) is 0 Å². The summed E-state index contributed by atoms with van der Waals surface area (Å²) in [5.74, 6) is 1.17. The van der Waals surface area contributed by atoms with Gasteiger partial charge >= 0.3 is 0 Å². The molecule has 0 aliphatic rings. The van der Waals surface area contributed by atoms with Gasteiger partial charge in [-0.1, -0.05) is 130 Å². The fraction of sp³-hybridized carbons (Fsp3) is 0.514. The maximum Gasteiger partial charge on any atom is 0.122 e. The Morgan fingerprint density at radius 1 is 0.632 bits per heavy atom. The standard InChI is InChI=1S/C37H52O/c1-26(25-35(2,3)4)21-28-15-17-30(18-16-28)22-29-13-11-27(12-14-29)19-20-31-23-32(36(5,6)7)24-33(34(31)38)37(8,9)10/h11-18,23-24,26,38H,19-22,25H2,1-10H3. The van der Waals surface area contributed by atoms with Crippen molar-refractivity contribution >= 4 is 0 Å². The highest BCUT2D eigenvalue weighted by Crippen LogP contribution is 2.38. The van der Waals surface area contributed by atoms with Gasteiger partial charge in [0.1, 0.15) is 5.75 Å². The SMILES string of the molecule is CC(Cc1ccc(Cc2ccc(CCc3cc(C(C)(C)C)cc(C(C)(C)C)c3O)cc2)cc1)CC(C)(C)C. The largest absolute Gasteiger partial charge is 0.507 e. The van der Waals surface area contributed by atoms with Crippen molar-refractivity contribution in [3.05, 3.63) is 99.6 Å². The second-order valence-electron chi connectivity index (χ2n) is 14.9. The van der Waals surface area contributed by atoms with Gasteiger partial charge < -0.3 is 5.11 Å². The van der Waals surface area contributed by atoms with Gasteiger partial charge in [-0.25, -0.2) is 0 Å². The number of hydrogen-bond donors (Lipinski definition) is 1. The molecule has 0 aromatic heterocycles. The molecule has 0 spiro atoms. The lowest BCUT2D eigenvalue weighted by Crippen LogP contribution is -2.17. The molecule has 0 aliphatic carbocycles. The third-order valence-electron chi connectivity index (χ3n) is 7.55. The Morgan fingerprint density at radius 2 is 1.13 bits per heavy atom. The van der Waals surface area contributed by atoms with Crippen LogP contribution in [0, 0.1) is 11.3 Å². The zero-order valence-corrected chi connectivity index (χ0v) is 25.8. The van der Waals surface area contributed by atoms with Crippen LogP contribution in [0.5, 0.6) is 5.75 Å². The molecular weight excluding hydrogens is 460 g/mol. The minimum absolute atomic E-state index is 0.0486. The van der Waals surface area contributed by atoms with E-state index in [1.54, 1.807) is 0 Å². The first-order valence-corrected chi connectivity index (χ1v) is 14.5. The number of aromatic hydroxyl groups is 1. The van der Waals surface area contributed by atoms with E-state index >= 15 is 0 Å². The van der Waals surface area contributed by atoms with Crippen LogP contribution in [-0.2, 0) is 36.5 Å². The lowest BCUT2D eigenvalue weighted by atomic mass is 9.78. The van der Waals surface area contributed by atoms with Crippen LogP contribution in [0.1, 0.15) is 115 Å². The summed E-state index contributed by atoms with van der Waals surface area (Å²) in [6, 6.07) is 22.7. The van der Waals surface area contributed by atoms with Crippen molar-refractivity contribution in [2.75, 3.05) is 0 Å². The Balaban J connectivity index is 1.64. The fourth-order valence-electron chi connectivity index (χ4n) is 5.54. The van der Waals surface area contributed by atoms with Crippen LogP contribution < -0.4 is 0 Å². The van der Waals surface area contributed by atoms with Crippen LogP contribution in [0.2, 0.25) is 0 Å². The van der Waals surface area contributed by atoms with Crippen molar-refractivity contribution in [1.82, 2.24) is 0 Å². The average molecular weight is 513 g/mol. The Labute approximate surface area is 233 Å². The highest BCUT2D eigenvalue weighted by Gasteiger charge is 2.24. The van der Waals surface area contributed by atoms with Crippen molar-refractivity contribution < 1.29 is 5.11 Å². The average Bonchev–Trinajstić information content (AvgIpc) is 2.78. The molecule has 3 aromatic rings. The van der Waals surface area contributed by atoms with E-state index in [9.17, 15) is 5.11 Å². The molecule has 3 aromatic carbocycles. The summed E-state index contributed by atoms with van der Waals surface area (Å²) in [6.45, 7) is 22.6. The molecule has 1 unspecified atom stereocenters. The summed E-state index contributed by atoms with van der Waals surface area (Å²) < 4.78 is 0. The van der Waals surface area contributed by atoms with Crippen LogP contribution in [0.25, 0.3) is 0 Å². The van der Waals surface area contributed by atoms with Crippen molar-refractivity contribution in [3.63, 3.8) is 0 Å². The third kappa shape index (κ3) is 8.75. The molecule has 0 saturated carbocycles. The van der Waals surface area contributed by atoms with E-state index in [0.29, 0.717) is 17.1 Å². The van der Waals surface area contributed by atoms with E-state index in [0.717, 1.165) is 36.8 Å². The minimum Gasteiger partial charge on any atom is -0.507 e. The molecular formula is C37H52O. The number of rotatable bonds is 8. The Kier molecular flexibility index (Phi) is 9.23. The normalized spacial score (nSPS) is 13.5. The first kappa shape index (κ1) is 30.0. The topological polar surface area (TPSA) is 20.2 Å². The molecule has 206 valence electrons. The lowest BCUT2D eigenvalue weighted by Gasteiger charge is -2.27. The molecule has 0 aliphatic heterocycles. The molecule has 0 saturated heterocycles. The van der Waals surface area contributed by atoms with Crippen molar-refractivity contribution in [1.29, 1.82) is 0 Å². The molecule has 1 atom stereocenters. The van der Waals surface area contributed by atoms with Gasteiger partial charge in [0.15, 0.2) is 0 Å². The first-order valence-electron chi connectivity index (χ1n) is 14.5. The van der Waals surface area contributed by atoms with E-state index in [1.807, 2.05) is 0 Å². The summed E-state index contributed by atoms with van der Waals surface area (Å²) in [5, 5.41) is 11.1. The van der Waals surface area contributed by atoms with Crippen LogP contribution >= 0.6 is 0 Å². The van der Waals surface area contributed by atoms with Crippen molar-refractivity contribution in [3.8, 4) is 5.75 Å². The minimum atomic E-state index is -0.0926. The number of aryl methyl sites for hydroxylation is 2. The van der Waals surface area contributed by atoms with Crippen molar-refractivity contribution in [2.45, 2.75) is 112 Å². The maximum atomic E-state index is 11.1. The van der Waals surface area contributed by atoms with E-state index in [1.165, 1.54) is 34.2 Å². The molecule has 1 nitrogen and oxygen atoms in total. The third-order valence-corrected chi connectivity index (χ3v) is 7.55. The van der Waals surface area contributed by atoms with Gasteiger partial charge in [0, 0.05) is 0 Å². The quantitative estimate of drug-likeness (QED) is 0.318. The fourth-order valence-corrected chi connectivity index (χ4v) is 5.54. The predicted octanol–water partition coefficient (Wildman–Crippen LogP) is 9.98. The van der Waals surface area contributed by atoms with Gasteiger partial charge in [0.2, 0.25) is 0 Å². The second kappa shape index (κ2) is 11.7. The molecule has 1 N–H and O–H groups in total. The van der Waals surface area contributed by atoms with Gasteiger partial charge in [-0.05, 0) is 93.2 Å². The maximum absolute atomic E-state index is 11.1. The van der Waals surface area contributed by atoms with E-state index in [2.05, 4.69) is 130 Å². The number of phenols is 1. The van der Waals surface area contributed by atoms with Gasteiger partial charge in [0.05, 0.1) is 0 Å². The van der Waals surface area contributed by atoms with Gasteiger partial charge in [0.25, 0.3) is 0 Å². The predicted molar refractivity (Wildman–Crippen MR) is 166 cm³/mol. The molecule has 0 radical (unpaired) electrons. The molecule has 0 heterocycles. The summed E-state index contributed by atoms with van der Waals surface area (Å²) in [5.41, 5.74) is 9.20. The van der Waals surface area contributed by atoms with Gasteiger partial charge in [-0.2, -0.15) is 0 Å². The van der Waals surface area contributed by atoms with Crippen LogP contribution in [0.3, 0.4) is 0 Å². The first-order chi connectivity index (χ1) is 17.5. The van der Waals surface area contributed by atoms with E-state index in [4.69, 9.17) is 0 Å². The van der Waals surface area contributed by atoms with Crippen molar-refractivity contribution in [2.24, 2.45) is 11.3 Å². The molecule has 3 rings (SSSR count). The monoisotopic (exact) mass is 512 g/mol. The lowest BCUT2D eigenvalue weighted by molar-refractivity contribution is 0.306. The highest BCUT2D eigenvalue weighted by atomic mass is 16.3. The smallest absolute Gasteiger partial charge is 0.122 e. The van der Waals surface area contributed by atoms with Crippen LogP contribution in [0.4, 0.5) is 0 Å². The van der Waals surface area contributed by atoms with E-state index in [-0.39, 0.29) is 10.8 Å². The zero-order chi connectivity index (χ0) is 28.3. The number of phenolic OH excluding ortho intramolecular Hbond substituents is 1. The number of benzene rings is 3. The summed E-state index contributed by atoms with van der Waals surface area (Å²) in [6.07, 6.45) is 5.12. The Morgan fingerprint density at radius 3 is 1.61 bits per heavy atom. The zero-order valence-electron chi connectivity index (χ0n) is 25.8. The molecule has 38 heavy (non-hydrogen) atoms. The summed E-state index contributed by atoms with van der Waals surface area (Å²) in [4.78, 5) is 0. The molecule has 0 amide bonds. The van der Waals surface area contributed by atoms with Gasteiger partial charge in [-0.15, -0.1) is 0 Å². The van der Waals surface area contributed by atoms with Crippen LogP contribution in [-0.4, -0.2) is 5.11 Å². The Hall–Kier alpha value is -2.54. The molecule has 0 bridgehead atoms. The highest BCUT2D eigenvalue weighted by molar-refractivity contribution is 5.49. The second-order valence-corrected chi connectivity index (χ2v) is 14.9. The number of hydrogen-bond acceptors (Lipinski definition) is 1. The van der Waals surface area contributed by atoms with Crippen LogP contribution in [0.15, 0.2) is 60.7 Å². The summed E-state index contributed by atoms with van der Waals surface area (Å²) >= 11 is 0. The Bertz CT molecular complexity index is 1180. The van der Waals surface area contributed by atoms with E-state index < -0.39 is 0 Å².